The minimum absolute atomic E-state index is 0.0603. The molecule has 236 valence electrons. The van der Waals surface area contributed by atoms with Crippen LogP contribution in [0.25, 0.3) is 16.9 Å². The number of nitrogens with zero attached hydrogens (tertiary/aromatic N) is 9. The van der Waals surface area contributed by atoms with Crippen molar-refractivity contribution in [2.45, 2.75) is 83.7 Å². The van der Waals surface area contributed by atoms with Gasteiger partial charge in [0.25, 0.3) is 5.56 Å². The number of anilines is 2. The summed E-state index contributed by atoms with van der Waals surface area (Å²) in [7, 11) is 0. The average molecular weight is 613 g/mol. The van der Waals surface area contributed by atoms with Crippen LogP contribution in [0, 0.1) is 0 Å². The molecule has 44 heavy (non-hydrogen) atoms. The van der Waals surface area contributed by atoms with Crippen LogP contribution in [0.2, 0.25) is 0 Å². The highest BCUT2D eigenvalue weighted by Gasteiger charge is 2.33. The van der Waals surface area contributed by atoms with E-state index in [0.717, 1.165) is 32.0 Å². The van der Waals surface area contributed by atoms with Gasteiger partial charge in [-0.2, -0.15) is 23.3 Å². The van der Waals surface area contributed by atoms with Crippen LogP contribution in [0.3, 0.4) is 0 Å². The van der Waals surface area contributed by atoms with Gasteiger partial charge >= 0.3 is 6.18 Å². The second-order valence-electron chi connectivity index (χ2n) is 12.3. The van der Waals surface area contributed by atoms with E-state index in [9.17, 15) is 18.0 Å². The minimum Gasteiger partial charge on any atom is -0.321 e. The molecular formula is C30H39F3N10O. The number of pyridine rings is 1. The van der Waals surface area contributed by atoms with E-state index in [1.807, 2.05) is 10.9 Å². The first-order chi connectivity index (χ1) is 21.0. The van der Waals surface area contributed by atoms with Crippen molar-refractivity contribution in [2.24, 2.45) is 0 Å². The molecule has 6 rings (SSSR count). The zero-order valence-corrected chi connectivity index (χ0v) is 25.5. The third kappa shape index (κ3) is 5.96. The molecule has 0 amide bonds. The smallest absolute Gasteiger partial charge is 0.321 e. The van der Waals surface area contributed by atoms with Crippen LogP contribution in [0.15, 0.2) is 41.6 Å². The summed E-state index contributed by atoms with van der Waals surface area (Å²) in [6.45, 7) is 12.5. The molecule has 2 fully saturated rings. The number of piperidine rings is 2. The van der Waals surface area contributed by atoms with E-state index < -0.39 is 17.4 Å². The Morgan fingerprint density at radius 2 is 1.61 bits per heavy atom. The molecule has 1 N–H and O–H groups in total. The predicted molar refractivity (Wildman–Crippen MR) is 161 cm³/mol. The molecule has 2 aliphatic heterocycles. The summed E-state index contributed by atoms with van der Waals surface area (Å²) in [6, 6.07) is 4.76. The predicted octanol–water partition coefficient (Wildman–Crippen LogP) is 5.03. The van der Waals surface area contributed by atoms with Gasteiger partial charge in [0, 0.05) is 43.6 Å². The van der Waals surface area contributed by atoms with Crippen molar-refractivity contribution in [1.82, 2.24) is 43.9 Å². The number of likely N-dealkylation sites (tertiary alicyclic amines) is 2. The van der Waals surface area contributed by atoms with E-state index in [2.05, 4.69) is 49.0 Å². The molecule has 2 aliphatic rings. The normalized spacial score (nSPS) is 18.2. The maximum Gasteiger partial charge on any atom is 0.433 e. The van der Waals surface area contributed by atoms with E-state index >= 15 is 0 Å². The van der Waals surface area contributed by atoms with Crippen LogP contribution in [0.5, 0.6) is 0 Å². The van der Waals surface area contributed by atoms with Gasteiger partial charge in [0.2, 0.25) is 5.95 Å². The van der Waals surface area contributed by atoms with Gasteiger partial charge in [-0.1, -0.05) is 6.07 Å². The summed E-state index contributed by atoms with van der Waals surface area (Å²) < 4.78 is 45.0. The summed E-state index contributed by atoms with van der Waals surface area (Å²) in [5, 5.41) is 7.94. The Balaban J connectivity index is 1.19. The molecule has 0 bridgehead atoms. The summed E-state index contributed by atoms with van der Waals surface area (Å²) in [5.41, 5.74) is -0.624. The van der Waals surface area contributed by atoms with Gasteiger partial charge in [-0.25, -0.2) is 19.3 Å². The van der Waals surface area contributed by atoms with Gasteiger partial charge in [-0.05, 0) is 78.6 Å². The highest BCUT2D eigenvalue weighted by molar-refractivity contribution is 5.77. The van der Waals surface area contributed by atoms with Gasteiger partial charge in [-0.15, -0.1) is 0 Å². The summed E-state index contributed by atoms with van der Waals surface area (Å²) >= 11 is 0. The first kappa shape index (κ1) is 30.3. The first-order valence-corrected chi connectivity index (χ1v) is 15.3. The molecule has 14 heteroatoms. The van der Waals surface area contributed by atoms with Crippen molar-refractivity contribution < 1.29 is 13.2 Å². The SMILES string of the molecule is CC(C)N1CCC(N2CCC(n3cc(Nc4ncc5c(=O)n(C(C)C)n(-c6cccc(C(F)(F)F)n6)c5n4)cn3)CC2)CC1. The van der Waals surface area contributed by atoms with Gasteiger partial charge in [0.05, 0.1) is 17.9 Å². The van der Waals surface area contributed by atoms with E-state index in [4.69, 9.17) is 0 Å². The molecule has 11 nitrogen and oxygen atoms in total. The number of hydrogen-bond donors (Lipinski definition) is 1. The van der Waals surface area contributed by atoms with E-state index in [-0.39, 0.29) is 34.9 Å². The fraction of sp³-hybridized carbons (Fsp3) is 0.567. The fourth-order valence-electron chi connectivity index (χ4n) is 6.46. The Bertz CT molecular complexity index is 1660. The lowest BCUT2D eigenvalue weighted by atomic mass is 9.97. The molecule has 0 radical (unpaired) electrons. The maximum atomic E-state index is 13.5. The number of hydrogen-bond acceptors (Lipinski definition) is 8. The molecule has 0 aliphatic carbocycles. The molecular weight excluding hydrogens is 573 g/mol. The zero-order valence-electron chi connectivity index (χ0n) is 25.5. The fourth-order valence-corrected chi connectivity index (χ4v) is 6.46. The van der Waals surface area contributed by atoms with E-state index in [1.165, 1.54) is 53.6 Å². The molecule has 2 saturated heterocycles. The second kappa shape index (κ2) is 12.0. The van der Waals surface area contributed by atoms with Crippen LogP contribution in [-0.4, -0.2) is 82.2 Å². The Kier molecular flexibility index (Phi) is 8.22. The number of halogens is 3. The third-order valence-corrected chi connectivity index (χ3v) is 8.83. The minimum atomic E-state index is -4.63. The second-order valence-corrected chi connectivity index (χ2v) is 12.3. The largest absolute Gasteiger partial charge is 0.433 e. The van der Waals surface area contributed by atoms with Crippen molar-refractivity contribution in [2.75, 3.05) is 31.5 Å². The monoisotopic (exact) mass is 612 g/mol. The quantitative estimate of drug-likeness (QED) is 0.310. The van der Waals surface area contributed by atoms with Crippen molar-refractivity contribution >= 4 is 22.7 Å². The van der Waals surface area contributed by atoms with E-state index in [1.54, 1.807) is 20.0 Å². The van der Waals surface area contributed by atoms with Gasteiger partial charge in [0.1, 0.15) is 11.1 Å². The summed E-state index contributed by atoms with van der Waals surface area (Å²) in [4.78, 5) is 31.1. The number of nitrogens with one attached hydrogen (secondary N) is 1. The van der Waals surface area contributed by atoms with Gasteiger partial charge in [0.15, 0.2) is 11.5 Å². The van der Waals surface area contributed by atoms with Crippen LogP contribution in [0.4, 0.5) is 24.8 Å². The highest BCUT2D eigenvalue weighted by Crippen LogP contribution is 2.30. The van der Waals surface area contributed by atoms with Crippen molar-refractivity contribution in [3.8, 4) is 5.82 Å². The Morgan fingerprint density at radius 1 is 0.909 bits per heavy atom. The highest BCUT2D eigenvalue weighted by atomic mass is 19.4. The van der Waals surface area contributed by atoms with Gasteiger partial charge in [-0.3, -0.25) is 9.48 Å². The Labute approximate surface area is 253 Å². The zero-order chi connectivity index (χ0) is 31.2. The molecule has 0 saturated carbocycles. The summed E-state index contributed by atoms with van der Waals surface area (Å²) in [5.74, 6) is 0.135. The van der Waals surface area contributed by atoms with Crippen molar-refractivity contribution in [3.63, 3.8) is 0 Å². The molecule has 0 spiro atoms. The third-order valence-electron chi connectivity index (χ3n) is 8.83. The Hall–Kier alpha value is -3.78. The van der Waals surface area contributed by atoms with Crippen LogP contribution in [0.1, 0.15) is 71.2 Å². The number of fused-ring (bicyclic) bond motifs is 1. The Morgan fingerprint density at radius 3 is 2.27 bits per heavy atom. The van der Waals surface area contributed by atoms with Gasteiger partial charge < -0.3 is 15.1 Å². The number of alkyl halides is 3. The molecule has 4 aromatic heterocycles. The van der Waals surface area contributed by atoms with Crippen LogP contribution < -0.4 is 10.9 Å². The molecule has 0 aromatic carbocycles. The lowest BCUT2D eigenvalue weighted by molar-refractivity contribution is -0.141. The maximum absolute atomic E-state index is 13.5. The van der Waals surface area contributed by atoms with E-state index in [0.29, 0.717) is 17.8 Å². The summed E-state index contributed by atoms with van der Waals surface area (Å²) in [6.07, 6.45) is 4.88. The lowest BCUT2D eigenvalue weighted by Gasteiger charge is -2.42. The molecule has 0 unspecified atom stereocenters. The van der Waals surface area contributed by atoms with Crippen molar-refractivity contribution in [1.29, 1.82) is 0 Å². The average Bonchev–Trinajstić information content (AvgIpc) is 3.59. The van der Waals surface area contributed by atoms with Crippen molar-refractivity contribution in [3.05, 3.63) is 52.8 Å². The van der Waals surface area contributed by atoms with Crippen LogP contribution >= 0.6 is 0 Å². The number of aromatic nitrogens is 7. The number of rotatable bonds is 7. The first-order valence-electron chi connectivity index (χ1n) is 15.3. The molecule has 0 atom stereocenters. The topological polar surface area (TPSA) is 102 Å². The molecule has 6 heterocycles. The standard InChI is InChI=1S/C30H39F3N10O/c1-19(2)39-12-8-22(9-13-39)40-14-10-23(11-15-40)41-18-21(16-35-41)36-29-34-17-24-27(38-29)43(42(20(3)4)28(24)44)26-7-5-6-25(37-26)30(31,32)33/h5-7,16-20,22-23H,8-15H2,1-4H3,(H,34,36,38). The molecule has 4 aromatic rings. The lowest BCUT2D eigenvalue weighted by Crippen LogP contribution is -2.49. The van der Waals surface area contributed by atoms with Crippen LogP contribution in [-0.2, 0) is 6.18 Å².